The molecule has 1 aliphatic rings. The summed E-state index contributed by atoms with van der Waals surface area (Å²) < 4.78 is 5.40. The Balaban J connectivity index is 0.000000161. The van der Waals surface area contributed by atoms with E-state index < -0.39 is 0 Å². The lowest BCUT2D eigenvalue weighted by Crippen LogP contribution is -2.34. The molecule has 1 heterocycles. The molecule has 0 radical (unpaired) electrons. The van der Waals surface area contributed by atoms with E-state index in [-0.39, 0.29) is 12.6 Å². The molecule has 0 aromatic heterocycles. The number of anilines is 1. The molecular formula is C16H18ClNO2S. The highest BCUT2D eigenvalue weighted by Crippen LogP contribution is 2.27. The van der Waals surface area contributed by atoms with Gasteiger partial charge in [-0.15, -0.1) is 12.6 Å². The summed E-state index contributed by atoms with van der Waals surface area (Å²) in [6.45, 7) is 2.62. The number of aryl methyl sites for hydroxylation is 1. The first kappa shape index (κ1) is 16.0. The summed E-state index contributed by atoms with van der Waals surface area (Å²) in [4.78, 5) is 0.874. The maximum atomic E-state index is 8.87. The average Bonchev–Trinajstić information content (AvgIpc) is 2.52. The molecule has 2 N–H and O–H groups in total. The fourth-order valence-electron chi connectivity index (χ4n) is 1.89. The van der Waals surface area contributed by atoms with Gasteiger partial charge in [0, 0.05) is 4.90 Å². The van der Waals surface area contributed by atoms with Crippen LogP contribution in [0.5, 0.6) is 5.75 Å². The van der Waals surface area contributed by atoms with Gasteiger partial charge in [-0.25, -0.2) is 0 Å². The van der Waals surface area contributed by atoms with Crippen LogP contribution in [0.4, 0.5) is 5.69 Å². The van der Waals surface area contributed by atoms with Crippen molar-refractivity contribution in [2.24, 2.45) is 0 Å². The first-order valence-corrected chi connectivity index (χ1v) is 7.47. The Kier molecular flexibility index (Phi) is 5.79. The van der Waals surface area contributed by atoms with Crippen molar-refractivity contribution in [2.75, 3.05) is 18.5 Å². The molecule has 0 spiro atoms. The van der Waals surface area contributed by atoms with E-state index in [1.807, 2.05) is 49.4 Å². The largest absolute Gasteiger partial charge is 0.489 e. The minimum absolute atomic E-state index is 0.0277. The second-order valence-corrected chi connectivity index (χ2v) is 5.59. The van der Waals surface area contributed by atoms with Crippen LogP contribution in [-0.4, -0.2) is 24.4 Å². The topological polar surface area (TPSA) is 41.5 Å². The SMILES string of the molecule is Cc1cccc(Cl)c1S.OCC1COc2ccccc2N1. The molecule has 21 heavy (non-hydrogen) atoms. The van der Waals surface area contributed by atoms with E-state index in [1.165, 1.54) is 0 Å². The fraction of sp³-hybridized carbons (Fsp3) is 0.250. The van der Waals surface area contributed by atoms with Crippen LogP contribution < -0.4 is 10.1 Å². The number of thiol groups is 1. The van der Waals surface area contributed by atoms with Gasteiger partial charge >= 0.3 is 0 Å². The first-order valence-electron chi connectivity index (χ1n) is 6.65. The monoisotopic (exact) mass is 323 g/mol. The summed E-state index contributed by atoms with van der Waals surface area (Å²) in [5.74, 6) is 0.863. The van der Waals surface area contributed by atoms with Gasteiger partial charge in [0.2, 0.25) is 0 Å². The number of aliphatic hydroxyl groups is 1. The zero-order valence-corrected chi connectivity index (χ0v) is 13.4. The minimum atomic E-state index is 0.0277. The van der Waals surface area contributed by atoms with Crippen molar-refractivity contribution >= 4 is 29.9 Å². The summed E-state index contributed by atoms with van der Waals surface area (Å²) in [6, 6.07) is 13.5. The molecule has 2 aromatic rings. The van der Waals surface area contributed by atoms with E-state index in [2.05, 4.69) is 17.9 Å². The summed E-state index contributed by atoms with van der Waals surface area (Å²) >= 11 is 9.92. The molecule has 2 aromatic carbocycles. The molecule has 0 aliphatic carbocycles. The van der Waals surface area contributed by atoms with Gasteiger partial charge in [-0.1, -0.05) is 35.9 Å². The number of para-hydroxylation sites is 2. The number of hydrogen-bond acceptors (Lipinski definition) is 4. The molecule has 0 saturated carbocycles. The van der Waals surface area contributed by atoms with Crippen molar-refractivity contribution in [3.8, 4) is 5.75 Å². The maximum Gasteiger partial charge on any atom is 0.142 e. The highest BCUT2D eigenvalue weighted by atomic mass is 35.5. The highest BCUT2D eigenvalue weighted by molar-refractivity contribution is 7.80. The normalized spacial score (nSPS) is 15.9. The molecular weight excluding hydrogens is 306 g/mol. The molecule has 3 rings (SSSR count). The van der Waals surface area contributed by atoms with Crippen molar-refractivity contribution < 1.29 is 9.84 Å². The molecule has 5 heteroatoms. The van der Waals surface area contributed by atoms with E-state index in [9.17, 15) is 0 Å². The molecule has 3 nitrogen and oxygen atoms in total. The Hall–Kier alpha value is -1.36. The number of benzene rings is 2. The highest BCUT2D eigenvalue weighted by Gasteiger charge is 2.16. The standard InChI is InChI=1S/C9H11NO2.C7H7ClS/c11-5-7-6-12-9-4-2-1-3-8(9)10-7;1-5-3-2-4-6(8)7(5)9/h1-4,7,10-11H,5-6H2;2-4,9H,1H3. The Bertz CT molecular complexity index is 586. The zero-order chi connectivity index (χ0) is 15.2. The maximum absolute atomic E-state index is 8.87. The average molecular weight is 324 g/mol. The van der Waals surface area contributed by atoms with Gasteiger partial charge < -0.3 is 15.2 Å². The van der Waals surface area contributed by atoms with Crippen molar-refractivity contribution in [1.82, 2.24) is 0 Å². The first-order chi connectivity index (χ1) is 10.1. The van der Waals surface area contributed by atoms with Crippen molar-refractivity contribution in [2.45, 2.75) is 17.9 Å². The molecule has 112 valence electrons. The van der Waals surface area contributed by atoms with Crippen molar-refractivity contribution in [1.29, 1.82) is 0 Å². The van der Waals surface area contributed by atoms with Gasteiger partial charge in [0.25, 0.3) is 0 Å². The van der Waals surface area contributed by atoms with Crippen LogP contribution >= 0.6 is 24.2 Å². The van der Waals surface area contributed by atoms with Crippen LogP contribution in [0.25, 0.3) is 0 Å². The lowest BCUT2D eigenvalue weighted by atomic mass is 10.2. The molecule has 0 fully saturated rings. The quantitative estimate of drug-likeness (QED) is 0.699. The van der Waals surface area contributed by atoms with E-state index >= 15 is 0 Å². The second-order valence-electron chi connectivity index (χ2n) is 4.74. The number of hydrogen-bond donors (Lipinski definition) is 3. The van der Waals surface area contributed by atoms with Crippen LogP contribution in [0.2, 0.25) is 5.02 Å². The van der Waals surface area contributed by atoms with Crippen LogP contribution in [-0.2, 0) is 0 Å². The predicted molar refractivity (Wildman–Crippen MR) is 89.9 cm³/mol. The van der Waals surface area contributed by atoms with Crippen LogP contribution in [0, 0.1) is 6.92 Å². The Morgan fingerprint density at radius 1 is 1.29 bits per heavy atom. The molecule has 1 unspecified atom stereocenters. The summed E-state index contributed by atoms with van der Waals surface area (Å²) in [5, 5.41) is 12.8. The minimum Gasteiger partial charge on any atom is -0.489 e. The van der Waals surface area contributed by atoms with Crippen molar-refractivity contribution in [3.63, 3.8) is 0 Å². The van der Waals surface area contributed by atoms with E-state index in [0.717, 1.165) is 26.9 Å². The third kappa shape index (κ3) is 4.30. The lowest BCUT2D eigenvalue weighted by Gasteiger charge is -2.25. The number of rotatable bonds is 1. The van der Waals surface area contributed by atoms with Gasteiger partial charge in [-0.2, -0.15) is 0 Å². The van der Waals surface area contributed by atoms with Crippen LogP contribution in [0.1, 0.15) is 5.56 Å². The Morgan fingerprint density at radius 3 is 2.71 bits per heavy atom. The molecule has 0 amide bonds. The van der Waals surface area contributed by atoms with Gasteiger partial charge in [0.1, 0.15) is 12.4 Å². The van der Waals surface area contributed by atoms with E-state index in [1.54, 1.807) is 0 Å². The third-order valence-electron chi connectivity index (χ3n) is 3.10. The third-order valence-corrected chi connectivity index (χ3v) is 4.14. The van der Waals surface area contributed by atoms with Gasteiger partial charge in [-0.3, -0.25) is 0 Å². The Morgan fingerprint density at radius 2 is 2.05 bits per heavy atom. The molecule has 1 atom stereocenters. The summed E-state index contributed by atoms with van der Waals surface area (Å²) in [5.41, 5.74) is 2.08. The van der Waals surface area contributed by atoms with E-state index in [4.69, 9.17) is 21.4 Å². The number of aliphatic hydroxyl groups excluding tert-OH is 1. The molecule has 0 bridgehead atoms. The van der Waals surface area contributed by atoms with Gasteiger partial charge in [0.15, 0.2) is 0 Å². The summed E-state index contributed by atoms with van der Waals surface area (Å²) in [6.07, 6.45) is 0. The molecule has 1 aliphatic heterocycles. The predicted octanol–water partition coefficient (Wildman–Crippen LogP) is 3.79. The number of fused-ring (bicyclic) bond motifs is 1. The van der Waals surface area contributed by atoms with Gasteiger partial charge in [0.05, 0.1) is 23.4 Å². The fourth-order valence-corrected chi connectivity index (χ4v) is 2.26. The zero-order valence-electron chi connectivity index (χ0n) is 11.7. The van der Waals surface area contributed by atoms with Crippen molar-refractivity contribution in [3.05, 3.63) is 53.1 Å². The Labute approximate surface area is 135 Å². The smallest absolute Gasteiger partial charge is 0.142 e. The van der Waals surface area contributed by atoms with Crippen LogP contribution in [0.15, 0.2) is 47.4 Å². The summed E-state index contributed by atoms with van der Waals surface area (Å²) in [7, 11) is 0. The lowest BCUT2D eigenvalue weighted by molar-refractivity contribution is 0.207. The second kappa shape index (κ2) is 7.59. The van der Waals surface area contributed by atoms with E-state index in [0.29, 0.717) is 6.61 Å². The number of ether oxygens (including phenoxy) is 1. The number of halogens is 1. The molecule has 0 saturated heterocycles. The van der Waals surface area contributed by atoms with Gasteiger partial charge in [-0.05, 0) is 30.7 Å². The number of nitrogens with one attached hydrogen (secondary N) is 1. The van der Waals surface area contributed by atoms with Crippen LogP contribution in [0.3, 0.4) is 0 Å².